The quantitative estimate of drug-likeness (QED) is 0.852. The molecule has 0 amide bonds. The standard InChI is InChI=1S/C15H14ClN5/c16-13-3-1-2-4-14(13)20-5-7-21(8-6-20)15-11-18-12(9-17)10-19-15/h1-4,10-11H,5-8H2. The van der Waals surface area contributed by atoms with Gasteiger partial charge >= 0.3 is 0 Å². The van der Waals surface area contributed by atoms with E-state index in [2.05, 4.69) is 19.8 Å². The molecule has 0 aliphatic carbocycles. The number of nitrogens with zero attached hydrogens (tertiary/aromatic N) is 5. The fourth-order valence-corrected chi connectivity index (χ4v) is 2.68. The van der Waals surface area contributed by atoms with Crippen molar-refractivity contribution in [3.63, 3.8) is 0 Å². The van der Waals surface area contributed by atoms with Crippen LogP contribution >= 0.6 is 11.6 Å². The maximum Gasteiger partial charge on any atom is 0.158 e. The lowest BCUT2D eigenvalue weighted by Gasteiger charge is -2.36. The monoisotopic (exact) mass is 299 g/mol. The molecule has 1 aromatic carbocycles. The van der Waals surface area contributed by atoms with Crippen LogP contribution in [0.2, 0.25) is 5.02 Å². The lowest BCUT2D eigenvalue weighted by molar-refractivity contribution is 0.646. The molecule has 0 bridgehead atoms. The third kappa shape index (κ3) is 2.91. The van der Waals surface area contributed by atoms with Gasteiger partial charge in [-0.3, -0.25) is 0 Å². The number of rotatable bonds is 2. The molecule has 1 fully saturated rings. The summed E-state index contributed by atoms with van der Waals surface area (Å²) in [5.41, 5.74) is 1.41. The Morgan fingerprint density at radius 3 is 2.33 bits per heavy atom. The van der Waals surface area contributed by atoms with Crippen molar-refractivity contribution < 1.29 is 0 Å². The van der Waals surface area contributed by atoms with E-state index < -0.39 is 0 Å². The second kappa shape index (κ2) is 5.98. The lowest BCUT2D eigenvalue weighted by atomic mass is 10.2. The first-order chi connectivity index (χ1) is 10.3. The van der Waals surface area contributed by atoms with Gasteiger partial charge < -0.3 is 9.80 Å². The summed E-state index contributed by atoms with van der Waals surface area (Å²) in [6, 6.07) is 9.87. The normalized spacial score (nSPS) is 14.9. The Labute approximate surface area is 128 Å². The molecule has 5 nitrogen and oxygen atoms in total. The summed E-state index contributed by atoms with van der Waals surface area (Å²) >= 11 is 6.24. The van der Waals surface area contributed by atoms with Crippen LogP contribution in [0.3, 0.4) is 0 Å². The molecule has 0 spiro atoms. The van der Waals surface area contributed by atoms with E-state index >= 15 is 0 Å². The maximum absolute atomic E-state index is 8.74. The van der Waals surface area contributed by atoms with Crippen LogP contribution < -0.4 is 9.80 Å². The fraction of sp³-hybridized carbons (Fsp3) is 0.267. The van der Waals surface area contributed by atoms with Gasteiger partial charge in [0.25, 0.3) is 0 Å². The number of piperazine rings is 1. The van der Waals surface area contributed by atoms with Crippen molar-refractivity contribution in [2.75, 3.05) is 36.0 Å². The van der Waals surface area contributed by atoms with Crippen LogP contribution in [0.5, 0.6) is 0 Å². The predicted molar refractivity (Wildman–Crippen MR) is 82.6 cm³/mol. The fourth-order valence-electron chi connectivity index (χ4n) is 2.43. The van der Waals surface area contributed by atoms with Crippen molar-refractivity contribution in [2.45, 2.75) is 0 Å². The first-order valence-electron chi connectivity index (χ1n) is 6.74. The van der Waals surface area contributed by atoms with Gasteiger partial charge in [-0.15, -0.1) is 0 Å². The highest BCUT2D eigenvalue weighted by molar-refractivity contribution is 6.33. The molecule has 0 N–H and O–H groups in total. The molecule has 3 rings (SSSR count). The van der Waals surface area contributed by atoms with E-state index in [-0.39, 0.29) is 0 Å². The van der Waals surface area contributed by atoms with Crippen molar-refractivity contribution in [1.29, 1.82) is 5.26 Å². The van der Waals surface area contributed by atoms with Gasteiger partial charge in [0, 0.05) is 26.2 Å². The van der Waals surface area contributed by atoms with Gasteiger partial charge in [0.05, 0.1) is 23.1 Å². The van der Waals surface area contributed by atoms with Gasteiger partial charge in [-0.25, -0.2) is 9.97 Å². The van der Waals surface area contributed by atoms with Crippen molar-refractivity contribution >= 4 is 23.1 Å². The SMILES string of the molecule is N#Cc1cnc(N2CCN(c3ccccc3Cl)CC2)cn1. The number of halogens is 1. The predicted octanol–water partition coefficient (Wildman–Crippen LogP) is 2.33. The summed E-state index contributed by atoms with van der Waals surface area (Å²) in [7, 11) is 0. The van der Waals surface area contributed by atoms with Crippen LogP contribution in [0.1, 0.15) is 5.69 Å². The third-order valence-electron chi connectivity index (χ3n) is 3.55. The van der Waals surface area contributed by atoms with E-state index in [1.165, 1.54) is 6.20 Å². The minimum Gasteiger partial charge on any atom is -0.367 e. The van der Waals surface area contributed by atoms with Crippen molar-refractivity contribution in [2.24, 2.45) is 0 Å². The van der Waals surface area contributed by atoms with Gasteiger partial charge in [-0.1, -0.05) is 23.7 Å². The second-order valence-corrected chi connectivity index (χ2v) is 5.20. The number of para-hydroxylation sites is 1. The highest BCUT2D eigenvalue weighted by atomic mass is 35.5. The first kappa shape index (κ1) is 13.7. The third-order valence-corrected chi connectivity index (χ3v) is 3.87. The van der Waals surface area contributed by atoms with Crippen molar-refractivity contribution in [3.8, 4) is 6.07 Å². The molecule has 0 saturated carbocycles. The number of aromatic nitrogens is 2. The Morgan fingerprint density at radius 1 is 1.00 bits per heavy atom. The summed E-state index contributed by atoms with van der Waals surface area (Å²) < 4.78 is 0. The molecule has 0 radical (unpaired) electrons. The molecule has 106 valence electrons. The molecule has 6 heteroatoms. The molecule has 2 heterocycles. The molecule has 21 heavy (non-hydrogen) atoms. The highest BCUT2D eigenvalue weighted by Crippen LogP contribution is 2.26. The largest absolute Gasteiger partial charge is 0.367 e. The lowest BCUT2D eigenvalue weighted by Crippen LogP contribution is -2.47. The minimum atomic E-state index is 0.341. The van der Waals surface area contributed by atoms with Crippen LogP contribution in [0.25, 0.3) is 0 Å². The summed E-state index contributed by atoms with van der Waals surface area (Å²) in [6.07, 6.45) is 3.17. The minimum absolute atomic E-state index is 0.341. The van der Waals surface area contributed by atoms with E-state index in [4.69, 9.17) is 16.9 Å². The Morgan fingerprint density at radius 2 is 1.71 bits per heavy atom. The van der Waals surface area contributed by atoms with Crippen molar-refractivity contribution in [1.82, 2.24) is 9.97 Å². The molecule has 1 saturated heterocycles. The van der Waals surface area contributed by atoms with Gasteiger partial charge in [-0.05, 0) is 12.1 Å². The maximum atomic E-state index is 8.74. The summed E-state index contributed by atoms with van der Waals surface area (Å²) in [5.74, 6) is 0.813. The molecule has 0 unspecified atom stereocenters. The second-order valence-electron chi connectivity index (χ2n) is 4.80. The molecule has 0 atom stereocenters. The average Bonchev–Trinajstić information content (AvgIpc) is 2.56. The molecular weight excluding hydrogens is 286 g/mol. The highest BCUT2D eigenvalue weighted by Gasteiger charge is 2.19. The van der Waals surface area contributed by atoms with Gasteiger partial charge in [0.1, 0.15) is 11.9 Å². The number of benzene rings is 1. The Kier molecular flexibility index (Phi) is 3.89. The van der Waals surface area contributed by atoms with Gasteiger partial charge in [0.15, 0.2) is 5.69 Å². The van der Waals surface area contributed by atoms with E-state index in [1.807, 2.05) is 30.3 Å². The zero-order chi connectivity index (χ0) is 14.7. The van der Waals surface area contributed by atoms with Gasteiger partial charge in [-0.2, -0.15) is 5.26 Å². The summed E-state index contributed by atoms with van der Waals surface area (Å²) in [4.78, 5) is 12.8. The number of nitriles is 1. The average molecular weight is 300 g/mol. The molecule has 1 aromatic heterocycles. The zero-order valence-corrected chi connectivity index (χ0v) is 12.2. The van der Waals surface area contributed by atoms with Crippen molar-refractivity contribution in [3.05, 3.63) is 47.4 Å². The van der Waals surface area contributed by atoms with E-state index in [1.54, 1.807) is 6.20 Å². The number of hydrogen-bond acceptors (Lipinski definition) is 5. The van der Waals surface area contributed by atoms with Crippen LogP contribution in [0, 0.1) is 11.3 Å². The van der Waals surface area contributed by atoms with E-state index in [0.717, 1.165) is 42.7 Å². The summed E-state index contributed by atoms with van der Waals surface area (Å²) in [6.45, 7) is 3.47. The first-order valence-corrected chi connectivity index (χ1v) is 7.12. The molecule has 1 aliphatic heterocycles. The number of hydrogen-bond donors (Lipinski definition) is 0. The van der Waals surface area contributed by atoms with Crippen LogP contribution in [-0.4, -0.2) is 36.1 Å². The molecule has 2 aromatic rings. The molecular formula is C15H14ClN5. The molecule has 1 aliphatic rings. The smallest absolute Gasteiger partial charge is 0.158 e. The van der Waals surface area contributed by atoms with Crippen LogP contribution in [0.4, 0.5) is 11.5 Å². The van der Waals surface area contributed by atoms with E-state index in [9.17, 15) is 0 Å². The van der Waals surface area contributed by atoms with Crippen LogP contribution in [-0.2, 0) is 0 Å². The zero-order valence-electron chi connectivity index (χ0n) is 11.4. The topological polar surface area (TPSA) is 56.1 Å². The van der Waals surface area contributed by atoms with Gasteiger partial charge in [0.2, 0.25) is 0 Å². The Bertz CT molecular complexity index is 657. The Balaban J connectivity index is 1.67. The summed E-state index contributed by atoms with van der Waals surface area (Å²) in [5, 5.41) is 9.52. The Hall–Kier alpha value is -2.32. The van der Waals surface area contributed by atoms with Crippen LogP contribution in [0.15, 0.2) is 36.7 Å². The number of anilines is 2. The van der Waals surface area contributed by atoms with E-state index in [0.29, 0.717) is 5.69 Å².